The van der Waals surface area contributed by atoms with E-state index in [-0.39, 0.29) is 11.7 Å². The first-order valence-electron chi connectivity index (χ1n) is 6.82. The molecule has 0 amide bonds. The van der Waals surface area contributed by atoms with Gasteiger partial charge in [-0.15, -0.1) is 0 Å². The molecule has 0 fully saturated rings. The number of benzene rings is 1. The van der Waals surface area contributed by atoms with Crippen molar-refractivity contribution in [3.05, 3.63) is 34.2 Å². The first kappa shape index (κ1) is 13.8. The van der Waals surface area contributed by atoms with Gasteiger partial charge >= 0.3 is 5.69 Å². The predicted octanol–water partition coefficient (Wildman–Crippen LogP) is 1.12. The van der Waals surface area contributed by atoms with Crippen LogP contribution in [0.3, 0.4) is 0 Å². The van der Waals surface area contributed by atoms with E-state index in [0.29, 0.717) is 0 Å². The first-order chi connectivity index (χ1) is 9.15. The minimum atomic E-state index is -0.152. The van der Waals surface area contributed by atoms with Crippen LogP contribution < -0.4 is 16.7 Å². The fourth-order valence-electron chi connectivity index (χ4n) is 2.14. The summed E-state index contributed by atoms with van der Waals surface area (Å²) in [5.74, 6) is 0. The lowest BCUT2D eigenvalue weighted by atomic mass is 10.1. The minimum absolute atomic E-state index is 0.152. The Hall–Kier alpha value is -1.59. The van der Waals surface area contributed by atoms with E-state index in [4.69, 9.17) is 5.73 Å². The van der Waals surface area contributed by atoms with Gasteiger partial charge in [-0.3, -0.25) is 0 Å². The van der Waals surface area contributed by atoms with Crippen molar-refractivity contribution in [2.75, 3.05) is 13.1 Å². The summed E-state index contributed by atoms with van der Waals surface area (Å²) < 4.78 is 0. The van der Waals surface area contributed by atoms with E-state index in [1.165, 1.54) is 5.56 Å². The van der Waals surface area contributed by atoms with E-state index in [2.05, 4.69) is 21.4 Å². The van der Waals surface area contributed by atoms with Gasteiger partial charge in [0.05, 0.1) is 11.0 Å². The Morgan fingerprint density at radius 2 is 2.05 bits per heavy atom. The molecule has 5 N–H and O–H groups in total. The quantitative estimate of drug-likeness (QED) is 0.564. The van der Waals surface area contributed by atoms with Crippen LogP contribution in [0.4, 0.5) is 0 Å². The smallest absolute Gasteiger partial charge is 0.323 e. The van der Waals surface area contributed by atoms with Crippen LogP contribution in [0.25, 0.3) is 11.0 Å². The molecule has 0 aliphatic carbocycles. The Balaban J connectivity index is 1.77. The summed E-state index contributed by atoms with van der Waals surface area (Å²) >= 11 is 0. The molecule has 0 saturated carbocycles. The highest BCUT2D eigenvalue weighted by Gasteiger charge is 2.00. The second-order valence-electron chi connectivity index (χ2n) is 5.08. The van der Waals surface area contributed by atoms with Crippen molar-refractivity contribution in [2.24, 2.45) is 5.73 Å². The van der Waals surface area contributed by atoms with Gasteiger partial charge in [-0.05, 0) is 57.0 Å². The third-order valence-electron chi connectivity index (χ3n) is 3.18. The van der Waals surface area contributed by atoms with Crippen molar-refractivity contribution in [1.29, 1.82) is 0 Å². The molecule has 104 valence electrons. The van der Waals surface area contributed by atoms with Gasteiger partial charge in [0.25, 0.3) is 0 Å². The molecule has 1 unspecified atom stereocenters. The van der Waals surface area contributed by atoms with E-state index < -0.39 is 0 Å². The second kappa shape index (κ2) is 6.54. The third-order valence-corrected chi connectivity index (χ3v) is 3.18. The number of nitrogens with two attached hydrogens (primary N) is 1. The summed E-state index contributed by atoms with van der Waals surface area (Å²) in [4.78, 5) is 16.7. The molecular weight excluding hydrogens is 240 g/mol. The van der Waals surface area contributed by atoms with Crippen molar-refractivity contribution < 1.29 is 0 Å². The van der Waals surface area contributed by atoms with E-state index in [1.54, 1.807) is 0 Å². The van der Waals surface area contributed by atoms with E-state index in [0.717, 1.165) is 43.4 Å². The number of rotatable bonds is 7. The van der Waals surface area contributed by atoms with Crippen LogP contribution in [0.2, 0.25) is 0 Å². The molecule has 0 bridgehead atoms. The number of hydrogen-bond donors (Lipinski definition) is 4. The van der Waals surface area contributed by atoms with E-state index in [9.17, 15) is 4.79 Å². The maximum atomic E-state index is 11.2. The molecule has 0 aliphatic heterocycles. The van der Waals surface area contributed by atoms with Gasteiger partial charge < -0.3 is 21.0 Å². The molecule has 0 saturated heterocycles. The monoisotopic (exact) mass is 262 g/mol. The van der Waals surface area contributed by atoms with Gasteiger partial charge in [-0.1, -0.05) is 6.07 Å². The Morgan fingerprint density at radius 1 is 1.26 bits per heavy atom. The fourth-order valence-corrected chi connectivity index (χ4v) is 2.14. The topological polar surface area (TPSA) is 86.7 Å². The normalized spacial score (nSPS) is 12.9. The second-order valence-corrected chi connectivity index (χ2v) is 5.08. The van der Waals surface area contributed by atoms with Gasteiger partial charge in [-0.2, -0.15) is 0 Å². The number of H-pyrrole nitrogens is 2. The highest BCUT2D eigenvalue weighted by atomic mass is 16.1. The van der Waals surface area contributed by atoms with Crippen molar-refractivity contribution in [3.63, 3.8) is 0 Å². The highest BCUT2D eigenvalue weighted by molar-refractivity contribution is 5.74. The molecule has 2 rings (SSSR count). The highest BCUT2D eigenvalue weighted by Crippen LogP contribution is 2.10. The molecular formula is C14H22N4O. The van der Waals surface area contributed by atoms with Gasteiger partial charge in [0.2, 0.25) is 0 Å². The largest absolute Gasteiger partial charge is 0.328 e. The van der Waals surface area contributed by atoms with Gasteiger partial charge in [0.1, 0.15) is 0 Å². The third kappa shape index (κ3) is 4.22. The average Bonchev–Trinajstić information content (AvgIpc) is 2.72. The van der Waals surface area contributed by atoms with Crippen LogP contribution in [0.5, 0.6) is 0 Å². The first-order valence-corrected chi connectivity index (χ1v) is 6.82. The summed E-state index contributed by atoms with van der Waals surface area (Å²) in [5.41, 5.74) is 8.50. The summed E-state index contributed by atoms with van der Waals surface area (Å²) in [6.07, 6.45) is 3.13. The Labute approximate surface area is 112 Å². The van der Waals surface area contributed by atoms with Gasteiger partial charge in [-0.25, -0.2) is 4.79 Å². The molecule has 2 aromatic rings. The van der Waals surface area contributed by atoms with E-state index in [1.807, 2.05) is 19.1 Å². The molecule has 0 spiro atoms. The van der Waals surface area contributed by atoms with Gasteiger partial charge in [0, 0.05) is 6.04 Å². The van der Waals surface area contributed by atoms with Crippen LogP contribution in [0.15, 0.2) is 23.0 Å². The van der Waals surface area contributed by atoms with Crippen molar-refractivity contribution >= 4 is 11.0 Å². The van der Waals surface area contributed by atoms with E-state index >= 15 is 0 Å². The number of imidazole rings is 1. The average molecular weight is 262 g/mol. The molecule has 5 nitrogen and oxygen atoms in total. The van der Waals surface area contributed by atoms with Crippen LogP contribution in [-0.2, 0) is 6.42 Å². The van der Waals surface area contributed by atoms with Crippen molar-refractivity contribution in [3.8, 4) is 0 Å². The summed E-state index contributed by atoms with van der Waals surface area (Å²) in [7, 11) is 0. The van der Waals surface area contributed by atoms with Gasteiger partial charge in [0.15, 0.2) is 0 Å². The number of nitrogens with one attached hydrogen (secondary N) is 3. The molecule has 1 atom stereocenters. The molecule has 0 aliphatic rings. The maximum absolute atomic E-state index is 11.2. The lowest BCUT2D eigenvalue weighted by Crippen LogP contribution is -2.21. The molecule has 5 heteroatoms. The summed E-state index contributed by atoms with van der Waals surface area (Å²) in [6.45, 7) is 3.98. The number of hydrogen-bond acceptors (Lipinski definition) is 3. The predicted molar refractivity (Wildman–Crippen MR) is 78.4 cm³/mol. The SMILES string of the molecule is CC(N)CCCNCCc1ccc2[nH]c(=O)[nH]c2c1. The molecule has 1 aromatic carbocycles. The van der Waals surface area contributed by atoms with Crippen LogP contribution in [0, 0.1) is 0 Å². The lowest BCUT2D eigenvalue weighted by Gasteiger charge is -2.06. The number of aromatic nitrogens is 2. The Kier molecular flexibility index (Phi) is 4.76. The maximum Gasteiger partial charge on any atom is 0.323 e. The molecule has 1 aromatic heterocycles. The zero-order chi connectivity index (χ0) is 13.7. The van der Waals surface area contributed by atoms with Crippen LogP contribution in [0.1, 0.15) is 25.3 Å². The number of fused-ring (bicyclic) bond motifs is 1. The lowest BCUT2D eigenvalue weighted by molar-refractivity contribution is 0.575. The standard InChI is InChI=1S/C14H22N4O/c1-10(15)3-2-7-16-8-6-11-4-5-12-13(9-11)18-14(19)17-12/h4-5,9-10,16H,2-3,6-8,15H2,1H3,(H2,17,18,19). The van der Waals surface area contributed by atoms with Crippen molar-refractivity contribution in [1.82, 2.24) is 15.3 Å². The fraction of sp³-hybridized carbons (Fsp3) is 0.500. The summed E-state index contributed by atoms with van der Waals surface area (Å²) in [6, 6.07) is 6.31. The zero-order valence-electron chi connectivity index (χ0n) is 11.3. The Bertz CT molecular complexity index is 570. The van der Waals surface area contributed by atoms with Crippen molar-refractivity contribution in [2.45, 2.75) is 32.2 Å². The Morgan fingerprint density at radius 3 is 2.84 bits per heavy atom. The zero-order valence-corrected chi connectivity index (χ0v) is 11.3. The molecule has 19 heavy (non-hydrogen) atoms. The summed E-state index contributed by atoms with van der Waals surface area (Å²) in [5, 5.41) is 3.41. The van der Waals surface area contributed by atoms with Crippen LogP contribution >= 0.6 is 0 Å². The minimum Gasteiger partial charge on any atom is -0.328 e. The number of aromatic amines is 2. The molecule has 0 radical (unpaired) electrons. The van der Waals surface area contributed by atoms with Crippen LogP contribution in [-0.4, -0.2) is 29.1 Å². The molecule has 1 heterocycles.